The fraction of sp³-hybridized carbons (Fsp3) is 0.167. The summed E-state index contributed by atoms with van der Waals surface area (Å²) in [7, 11) is 0. The molecule has 0 spiro atoms. The van der Waals surface area contributed by atoms with Gasteiger partial charge in [0.25, 0.3) is 5.56 Å². The molecule has 0 saturated heterocycles. The fourth-order valence-electron chi connectivity index (χ4n) is 3.68. The van der Waals surface area contributed by atoms with Crippen LogP contribution in [0, 0.1) is 6.92 Å². The van der Waals surface area contributed by atoms with Gasteiger partial charge in [-0.3, -0.25) is 9.59 Å². The van der Waals surface area contributed by atoms with Crippen LogP contribution < -0.4 is 10.9 Å². The van der Waals surface area contributed by atoms with Crippen LogP contribution in [0.25, 0.3) is 31.4 Å². The smallest absolute Gasteiger partial charge is 0.266 e. The number of benzene rings is 1. The minimum absolute atomic E-state index is 0.0946. The molecule has 0 aliphatic rings. The van der Waals surface area contributed by atoms with Crippen molar-refractivity contribution in [1.82, 2.24) is 25.1 Å². The molecule has 0 atom stereocenters. The minimum Gasteiger partial charge on any atom is -0.361 e. The number of carbonyl (C=O) groups is 1. The van der Waals surface area contributed by atoms with Gasteiger partial charge in [-0.25, -0.2) is 9.67 Å². The number of para-hydroxylation sites is 1. The van der Waals surface area contributed by atoms with Crippen LogP contribution in [0.1, 0.15) is 11.3 Å². The van der Waals surface area contributed by atoms with Crippen molar-refractivity contribution in [2.24, 2.45) is 0 Å². The van der Waals surface area contributed by atoms with Gasteiger partial charge in [0.2, 0.25) is 5.91 Å². The second kappa shape index (κ2) is 9.13. The molecule has 1 amide bonds. The van der Waals surface area contributed by atoms with Crippen molar-refractivity contribution in [2.75, 3.05) is 6.54 Å². The zero-order chi connectivity index (χ0) is 22.8. The Labute approximate surface area is 197 Å². The average molecular weight is 476 g/mol. The molecule has 0 unspecified atom stereocenters. The van der Waals surface area contributed by atoms with Crippen LogP contribution >= 0.6 is 22.7 Å². The molecule has 7 nitrogen and oxygen atoms in total. The number of hydrogen-bond donors (Lipinski definition) is 2. The third-order valence-electron chi connectivity index (χ3n) is 5.30. The van der Waals surface area contributed by atoms with Crippen LogP contribution in [0.4, 0.5) is 0 Å². The molecule has 0 aliphatic heterocycles. The Morgan fingerprint density at radius 3 is 2.88 bits per heavy atom. The summed E-state index contributed by atoms with van der Waals surface area (Å²) in [5.74, 6) is -0.0946. The summed E-state index contributed by atoms with van der Waals surface area (Å²) in [6.45, 7) is 2.56. The minimum atomic E-state index is -0.203. The summed E-state index contributed by atoms with van der Waals surface area (Å²) in [4.78, 5) is 34.7. The van der Waals surface area contributed by atoms with Crippen molar-refractivity contribution in [2.45, 2.75) is 19.9 Å². The fourth-order valence-corrected chi connectivity index (χ4v) is 5.51. The first-order valence-electron chi connectivity index (χ1n) is 10.5. The van der Waals surface area contributed by atoms with E-state index in [-0.39, 0.29) is 17.9 Å². The molecule has 0 aliphatic carbocycles. The number of aryl methyl sites for hydroxylation is 1. The largest absolute Gasteiger partial charge is 0.361 e. The quantitative estimate of drug-likeness (QED) is 0.368. The van der Waals surface area contributed by atoms with Gasteiger partial charge in [0.15, 0.2) is 0 Å². The molecule has 1 aromatic carbocycles. The third kappa shape index (κ3) is 4.50. The molecular formula is C24H21N5O2S2. The summed E-state index contributed by atoms with van der Waals surface area (Å²) in [5, 5.41) is 11.4. The molecule has 4 aromatic heterocycles. The highest BCUT2D eigenvalue weighted by Gasteiger charge is 2.14. The second-order valence-electron chi connectivity index (χ2n) is 7.58. The summed E-state index contributed by atoms with van der Waals surface area (Å²) < 4.78 is 1.39. The van der Waals surface area contributed by atoms with Crippen LogP contribution in [0.5, 0.6) is 0 Å². The van der Waals surface area contributed by atoms with Crippen LogP contribution in [0.15, 0.2) is 64.9 Å². The summed E-state index contributed by atoms with van der Waals surface area (Å²) in [5.41, 5.74) is 3.34. The highest BCUT2D eigenvalue weighted by Crippen LogP contribution is 2.35. The number of fused-ring (bicyclic) bond motifs is 1. The van der Waals surface area contributed by atoms with E-state index >= 15 is 0 Å². The first-order valence-corrected chi connectivity index (χ1v) is 12.2. The van der Waals surface area contributed by atoms with Gasteiger partial charge in [-0.1, -0.05) is 24.3 Å². The van der Waals surface area contributed by atoms with Crippen molar-refractivity contribution in [3.63, 3.8) is 0 Å². The maximum absolute atomic E-state index is 12.4. The van der Waals surface area contributed by atoms with E-state index in [1.54, 1.807) is 28.7 Å². The lowest BCUT2D eigenvalue weighted by Crippen LogP contribution is -2.32. The average Bonchev–Trinajstić information content (AvgIpc) is 3.56. The topological polar surface area (TPSA) is 92.7 Å². The number of aromatic nitrogens is 4. The molecule has 33 heavy (non-hydrogen) atoms. The highest BCUT2D eigenvalue weighted by atomic mass is 32.1. The lowest BCUT2D eigenvalue weighted by Gasteiger charge is -2.08. The van der Waals surface area contributed by atoms with Gasteiger partial charge < -0.3 is 10.3 Å². The Hall–Kier alpha value is -3.56. The van der Waals surface area contributed by atoms with Crippen molar-refractivity contribution in [3.05, 3.63) is 81.7 Å². The van der Waals surface area contributed by atoms with Crippen molar-refractivity contribution in [1.29, 1.82) is 0 Å². The van der Waals surface area contributed by atoms with Crippen molar-refractivity contribution < 1.29 is 4.79 Å². The molecule has 2 N–H and O–H groups in total. The van der Waals surface area contributed by atoms with Gasteiger partial charge in [0, 0.05) is 29.7 Å². The Bertz CT molecular complexity index is 1480. The zero-order valence-electron chi connectivity index (χ0n) is 17.9. The molecule has 0 radical (unpaired) electrons. The highest BCUT2D eigenvalue weighted by molar-refractivity contribution is 7.23. The van der Waals surface area contributed by atoms with Gasteiger partial charge in [-0.15, -0.1) is 22.7 Å². The van der Waals surface area contributed by atoms with Gasteiger partial charge in [0.1, 0.15) is 10.7 Å². The number of thiophene rings is 1. The maximum Gasteiger partial charge on any atom is 0.266 e. The van der Waals surface area contributed by atoms with Crippen LogP contribution in [-0.2, 0) is 17.8 Å². The molecule has 9 heteroatoms. The maximum atomic E-state index is 12.4. The van der Waals surface area contributed by atoms with Crippen molar-refractivity contribution >= 4 is 39.5 Å². The number of H-pyrrole nitrogens is 1. The molecule has 5 aromatic rings. The lowest BCUT2D eigenvalue weighted by atomic mass is 10.1. The number of amides is 1. The monoisotopic (exact) mass is 475 g/mol. The Morgan fingerprint density at radius 2 is 2.03 bits per heavy atom. The Kier molecular flexibility index (Phi) is 5.89. The number of carbonyl (C=O) groups excluding carboxylic acids is 1. The number of thiazole rings is 1. The first-order chi connectivity index (χ1) is 16.1. The van der Waals surface area contributed by atoms with E-state index in [1.807, 2.05) is 54.9 Å². The second-order valence-corrected chi connectivity index (χ2v) is 9.52. The first kappa shape index (κ1) is 21.3. The predicted octanol–water partition coefficient (Wildman–Crippen LogP) is 4.24. The summed E-state index contributed by atoms with van der Waals surface area (Å²) >= 11 is 3.21. The number of nitrogens with one attached hydrogen (secondary N) is 2. The van der Waals surface area contributed by atoms with Crippen LogP contribution in [0.2, 0.25) is 0 Å². The number of hydrogen-bond acceptors (Lipinski definition) is 6. The van der Waals surface area contributed by atoms with E-state index in [4.69, 9.17) is 0 Å². The molecular weight excluding hydrogens is 454 g/mol. The molecule has 0 bridgehead atoms. The van der Waals surface area contributed by atoms with Crippen LogP contribution in [-0.4, -0.2) is 32.2 Å². The van der Waals surface area contributed by atoms with Gasteiger partial charge in [-0.05, 0) is 36.1 Å². The Morgan fingerprint density at radius 1 is 1.15 bits per heavy atom. The molecule has 0 saturated carbocycles. The van der Waals surface area contributed by atoms with E-state index in [0.29, 0.717) is 18.8 Å². The molecule has 5 rings (SSSR count). The lowest BCUT2D eigenvalue weighted by molar-refractivity contribution is -0.120. The third-order valence-corrected chi connectivity index (χ3v) is 7.52. The van der Waals surface area contributed by atoms with Crippen molar-refractivity contribution in [3.8, 4) is 20.5 Å². The number of rotatable bonds is 7. The number of aromatic amines is 1. The SMILES string of the molecule is Cc1nc(-c2cccs2)sc1-c1ccc(=O)n(CCNC(=O)Cc2c[nH]c3ccccc23)n1. The van der Waals surface area contributed by atoms with E-state index in [2.05, 4.69) is 20.4 Å². The Balaban J connectivity index is 1.26. The molecule has 166 valence electrons. The molecule has 0 fully saturated rings. The summed E-state index contributed by atoms with van der Waals surface area (Å²) in [6, 6.07) is 15.2. The van der Waals surface area contributed by atoms with Gasteiger partial charge >= 0.3 is 0 Å². The number of nitrogens with zero attached hydrogens (tertiary/aromatic N) is 3. The standard InChI is InChI=1S/C24H21N5O2S2/c1-15-23(33-24(27-15)20-7-4-12-32-20)19-8-9-22(31)29(28-19)11-10-25-21(30)13-16-14-26-18-6-3-2-5-17(16)18/h2-9,12,14,26H,10-11,13H2,1H3,(H,25,30). The summed E-state index contributed by atoms with van der Waals surface area (Å²) in [6.07, 6.45) is 2.14. The van der Waals surface area contributed by atoms with E-state index in [1.165, 1.54) is 10.7 Å². The van der Waals surface area contributed by atoms with Gasteiger partial charge in [0.05, 0.1) is 28.4 Å². The molecule has 4 heterocycles. The van der Waals surface area contributed by atoms with E-state index in [0.717, 1.165) is 36.9 Å². The van der Waals surface area contributed by atoms with Gasteiger partial charge in [-0.2, -0.15) is 5.10 Å². The van der Waals surface area contributed by atoms with Crippen LogP contribution in [0.3, 0.4) is 0 Å². The predicted molar refractivity (Wildman–Crippen MR) is 133 cm³/mol. The zero-order valence-corrected chi connectivity index (χ0v) is 19.5. The normalized spacial score (nSPS) is 11.2. The van der Waals surface area contributed by atoms with E-state index < -0.39 is 0 Å². The van der Waals surface area contributed by atoms with E-state index in [9.17, 15) is 9.59 Å².